The van der Waals surface area contributed by atoms with E-state index in [2.05, 4.69) is 0 Å². The number of benzene rings is 4. The van der Waals surface area contributed by atoms with Crippen LogP contribution in [0.25, 0.3) is 0 Å². The van der Waals surface area contributed by atoms with Crippen LogP contribution < -0.4 is 9.64 Å². The van der Waals surface area contributed by atoms with Crippen LogP contribution in [0.4, 0.5) is 10.1 Å². The Bertz CT molecular complexity index is 1470. The quantitative estimate of drug-likeness (QED) is 0.285. The van der Waals surface area contributed by atoms with Gasteiger partial charge in [0, 0.05) is 22.6 Å². The Labute approximate surface area is 221 Å². The zero-order valence-electron chi connectivity index (χ0n) is 20.6. The van der Waals surface area contributed by atoms with E-state index in [-0.39, 0.29) is 11.7 Å². The second kappa shape index (κ2) is 10.6. The van der Waals surface area contributed by atoms with Crippen molar-refractivity contribution >= 4 is 28.9 Å². The van der Waals surface area contributed by atoms with Crippen LogP contribution in [0, 0.1) is 12.7 Å². The van der Waals surface area contributed by atoms with Crippen LogP contribution in [0.3, 0.4) is 0 Å². The first-order chi connectivity index (χ1) is 17.9. The summed E-state index contributed by atoms with van der Waals surface area (Å²) in [6.45, 7) is 2.39. The summed E-state index contributed by atoms with van der Waals surface area (Å²) < 4.78 is 19.1. The first-order valence-corrected chi connectivity index (χ1v) is 12.4. The largest absolute Gasteiger partial charge is 0.497 e. The van der Waals surface area contributed by atoms with Crippen molar-refractivity contribution in [2.24, 2.45) is 4.99 Å². The molecular formula is C31H26ClFN2O2. The summed E-state index contributed by atoms with van der Waals surface area (Å²) in [5.41, 5.74) is 5.88. The van der Waals surface area contributed by atoms with Crippen molar-refractivity contribution in [2.45, 2.75) is 25.9 Å². The molecule has 1 aliphatic heterocycles. The van der Waals surface area contributed by atoms with Crippen molar-refractivity contribution in [1.82, 2.24) is 0 Å². The lowest BCUT2D eigenvalue weighted by molar-refractivity contribution is -0.119. The van der Waals surface area contributed by atoms with E-state index >= 15 is 0 Å². The second-order valence-corrected chi connectivity index (χ2v) is 9.50. The first-order valence-electron chi connectivity index (χ1n) is 12.1. The standard InChI is InChI=1S/C31H26ClFN2O2/c1-20-5-3-4-6-23(20)17-28-31(36)35(19-21-7-14-26(37-2)15-8-21)29-16-11-24(32)18-27(29)30(34-28)22-9-12-25(33)13-10-22/h3-16,18,28H,17,19H2,1-2H3. The predicted molar refractivity (Wildman–Crippen MR) is 146 cm³/mol. The monoisotopic (exact) mass is 512 g/mol. The van der Waals surface area contributed by atoms with Gasteiger partial charge in [0.2, 0.25) is 0 Å². The molecule has 0 aromatic heterocycles. The van der Waals surface area contributed by atoms with E-state index in [0.717, 1.165) is 33.6 Å². The predicted octanol–water partition coefficient (Wildman–Crippen LogP) is 6.79. The number of amides is 1. The number of rotatable bonds is 6. The van der Waals surface area contributed by atoms with Gasteiger partial charge in [-0.2, -0.15) is 0 Å². The van der Waals surface area contributed by atoms with Crippen LogP contribution in [-0.4, -0.2) is 24.8 Å². The average molecular weight is 513 g/mol. The minimum atomic E-state index is -0.675. The molecule has 4 nitrogen and oxygen atoms in total. The van der Waals surface area contributed by atoms with Gasteiger partial charge in [-0.15, -0.1) is 0 Å². The molecule has 0 spiro atoms. The highest BCUT2D eigenvalue weighted by atomic mass is 35.5. The van der Waals surface area contributed by atoms with Crippen LogP contribution in [-0.2, 0) is 17.8 Å². The lowest BCUT2D eigenvalue weighted by Gasteiger charge is -2.26. The summed E-state index contributed by atoms with van der Waals surface area (Å²) in [7, 11) is 1.62. The van der Waals surface area contributed by atoms with Crippen molar-refractivity contribution in [3.63, 3.8) is 0 Å². The number of anilines is 1. The maximum absolute atomic E-state index is 14.2. The van der Waals surface area contributed by atoms with Gasteiger partial charge in [0.05, 0.1) is 25.1 Å². The van der Waals surface area contributed by atoms with Crippen LogP contribution >= 0.6 is 11.6 Å². The van der Waals surface area contributed by atoms with E-state index < -0.39 is 6.04 Å². The van der Waals surface area contributed by atoms with E-state index in [0.29, 0.717) is 29.4 Å². The number of aliphatic imine (C=N–C) groups is 1. The van der Waals surface area contributed by atoms with Crippen molar-refractivity contribution in [3.05, 3.63) is 130 Å². The Morgan fingerprint density at radius 1 is 0.973 bits per heavy atom. The number of carbonyl (C=O) groups is 1. The van der Waals surface area contributed by atoms with E-state index in [1.54, 1.807) is 30.2 Å². The third kappa shape index (κ3) is 5.27. The maximum atomic E-state index is 14.2. The summed E-state index contributed by atoms with van der Waals surface area (Å²) in [4.78, 5) is 21.0. The molecule has 0 aliphatic carbocycles. The number of benzodiazepines with no additional fused rings is 1. The third-order valence-electron chi connectivity index (χ3n) is 6.63. The molecule has 5 rings (SSSR count). The lowest BCUT2D eigenvalue weighted by atomic mass is 9.99. The molecule has 0 bridgehead atoms. The smallest absolute Gasteiger partial charge is 0.252 e. The van der Waals surface area contributed by atoms with Gasteiger partial charge in [0.25, 0.3) is 5.91 Å². The molecule has 1 aliphatic rings. The molecule has 0 fully saturated rings. The zero-order valence-corrected chi connectivity index (χ0v) is 21.4. The Hall–Kier alpha value is -3.96. The van der Waals surface area contributed by atoms with Crippen molar-refractivity contribution in [1.29, 1.82) is 0 Å². The van der Waals surface area contributed by atoms with Crippen LogP contribution in [0.15, 0.2) is 96.0 Å². The molecule has 0 saturated heterocycles. The highest BCUT2D eigenvalue weighted by molar-refractivity contribution is 6.32. The minimum absolute atomic E-state index is 0.111. The minimum Gasteiger partial charge on any atom is -0.497 e. The summed E-state index contributed by atoms with van der Waals surface area (Å²) in [5.74, 6) is 0.301. The molecule has 0 saturated carbocycles. The molecular weight excluding hydrogens is 487 g/mol. The molecule has 1 amide bonds. The van der Waals surface area contributed by atoms with Crippen molar-refractivity contribution in [3.8, 4) is 5.75 Å². The number of fused-ring (bicyclic) bond motifs is 1. The summed E-state index contributed by atoms with van der Waals surface area (Å²) in [6, 6.07) is 26.6. The molecule has 0 radical (unpaired) electrons. The normalized spacial score (nSPS) is 15.1. The summed E-state index contributed by atoms with van der Waals surface area (Å²) >= 11 is 6.44. The molecule has 37 heavy (non-hydrogen) atoms. The van der Waals surface area contributed by atoms with E-state index in [9.17, 15) is 9.18 Å². The van der Waals surface area contributed by atoms with Crippen molar-refractivity contribution < 1.29 is 13.9 Å². The van der Waals surface area contributed by atoms with Gasteiger partial charge in [0.15, 0.2) is 0 Å². The number of hydrogen-bond acceptors (Lipinski definition) is 3. The van der Waals surface area contributed by atoms with E-state index in [1.807, 2.05) is 67.6 Å². The molecule has 6 heteroatoms. The fraction of sp³-hybridized carbons (Fsp3) is 0.161. The zero-order chi connectivity index (χ0) is 25.9. The number of aryl methyl sites for hydroxylation is 1. The lowest BCUT2D eigenvalue weighted by Crippen LogP contribution is -2.38. The van der Waals surface area contributed by atoms with Gasteiger partial charge in [-0.05, 0) is 78.2 Å². The average Bonchev–Trinajstić information content (AvgIpc) is 3.01. The van der Waals surface area contributed by atoms with Gasteiger partial charge >= 0.3 is 0 Å². The fourth-order valence-corrected chi connectivity index (χ4v) is 4.78. The van der Waals surface area contributed by atoms with Crippen molar-refractivity contribution in [2.75, 3.05) is 12.0 Å². The maximum Gasteiger partial charge on any atom is 0.252 e. The highest BCUT2D eigenvalue weighted by Crippen LogP contribution is 2.33. The number of ether oxygens (including phenoxy) is 1. The molecule has 0 N–H and O–H groups in total. The molecule has 1 heterocycles. The molecule has 1 atom stereocenters. The Kier molecular flexibility index (Phi) is 7.06. The highest BCUT2D eigenvalue weighted by Gasteiger charge is 2.32. The number of nitrogens with zero attached hydrogens (tertiary/aromatic N) is 2. The first kappa shape index (κ1) is 24.7. The number of hydrogen-bond donors (Lipinski definition) is 0. The van der Waals surface area contributed by atoms with Gasteiger partial charge in [-0.25, -0.2) is 4.39 Å². The molecule has 1 unspecified atom stereocenters. The molecule has 186 valence electrons. The topological polar surface area (TPSA) is 41.9 Å². The van der Waals surface area contributed by atoms with Gasteiger partial charge in [-0.1, -0.05) is 48.0 Å². The third-order valence-corrected chi connectivity index (χ3v) is 6.87. The van der Waals surface area contributed by atoms with Crippen LogP contribution in [0.1, 0.15) is 27.8 Å². The van der Waals surface area contributed by atoms with Crippen LogP contribution in [0.5, 0.6) is 5.75 Å². The molecule has 4 aromatic rings. The summed E-state index contributed by atoms with van der Waals surface area (Å²) in [6.07, 6.45) is 0.442. The second-order valence-electron chi connectivity index (χ2n) is 9.06. The Balaban J connectivity index is 1.66. The van der Waals surface area contributed by atoms with Gasteiger partial charge in [-0.3, -0.25) is 9.79 Å². The number of carbonyl (C=O) groups excluding carboxylic acids is 1. The van der Waals surface area contributed by atoms with Gasteiger partial charge in [0.1, 0.15) is 17.6 Å². The van der Waals surface area contributed by atoms with E-state index in [1.165, 1.54) is 12.1 Å². The SMILES string of the molecule is COc1ccc(CN2C(=O)C(Cc3ccccc3C)N=C(c3ccc(F)cc3)c3cc(Cl)ccc32)cc1. The summed E-state index contributed by atoms with van der Waals surface area (Å²) in [5, 5.41) is 0.530. The molecule has 4 aromatic carbocycles. The van der Waals surface area contributed by atoms with E-state index in [4.69, 9.17) is 21.3 Å². The number of methoxy groups -OCH3 is 1. The van der Waals surface area contributed by atoms with Crippen LogP contribution in [0.2, 0.25) is 5.02 Å². The fourth-order valence-electron chi connectivity index (χ4n) is 4.61. The van der Waals surface area contributed by atoms with Gasteiger partial charge < -0.3 is 9.64 Å². The Morgan fingerprint density at radius 2 is 1.70 bits per heavy atom. The number of halogens is 2. The Morgan fingerprint density at radius 3 is 2.41 bits per heavy atom.